The Morgan fingerprint density at radius 1 is 1.37 bits per heavy atom. The van der Waals surface area contributed by atoms with Gasteiger partial charge in [0.1, 0.15) is 0 Å². The summed E-state index contributed by atoms with van der Waals surface area (Å²) in [5.41, 5.74) is 0.967. The second-order valence-electron chi connectivity index (χ2n) is 3.74. The fourth-order valence-electron chi connectivity index (χ4n) is 1.57. The van der Waals surface area contributed by atoms with Gasteiger partial charge in [0.25, 0.3) is 0 Å². The summed E-state index contributed by atoms with van der Waals surface area (Å²) in [6.07, 6.45) is 4.97. The van der Waals surface area contributed by atoms with Crippen molar-refractivity contribution in [1.82, 2.24) is 4.98 Å². The molecule has 0 aliphatic carbocycles. The molecule has 1 aliphatic heterocycles. The summed E-state index contributed by atoms with van der Waals surface area (Å²) < 4.78 is 5.96. The van der Waals surface area contributed by atoms with E-state index in [9.17, 15) is 4.79 Å². The summed E-state index contributed by atoms with van der Waals surface area (Å²) in [5, 5.41) is 1.94. The van der Waals surface area contributed by atoms with Crippen molar-refractivity contribution >= 4 is 45.2 Å². The molecule has 1 aliphatic rings. The van der Waals surface area contributed by atoms with Crippen molar-refractivity contribution in [2.45, 2.75) is 0 Å². The van der Waals surface area contributed by atoms with Gasteiger partial charge in [-0.1, -0.05) is 6.07 Å². The smallest absolute Gasteiger partial charge is 0.363 e. The highest BCUT2D eigenvalue weighted by Gasteiger charge is 2.24. The number of carbonyl (C=O) groups excluding carboxylic acids is 1. The maximum Gasteiger partial charge on any atom is 0.363 e. The van der Waals surface area contributed by atoms with E-state index in [1.807, 2.05) is 17.5 Å². The molecule has 3 rings (SSSR count). The first kappa shape index (κ1) is 12.3. The van der Waals surface area contributed by atoms with Gasteiger partial charge in [-0.05, 0) is 39.5 Å². The molecule has 2 aromatic rings. The number of cyclic esters (lactones) is 1. The zero-order chi connectivity index (χ0) is 13.2. The summed E-state index contributed by atoms with van der Waals surface area (Å²) in [5.74, 6) is -0.162. The molecule has 3 heterocycles. The molecule has 0 atom stereocenters. The van der Waals surface area contributed by atoms with E-state index in [4.69, 9.17) is 4.74 Å². The van der Waals surface area contributed by atoms with E-state index < -0.39 is 5.97 Å². The van der Waals surface area contributed by atoms with E-state index >= 15 is 0 Å². The van der Waals surface area contributed by atoms with E-state index in [1.54, 1.807) is 24.5 Å². The van der Waals surface area contributed by atoms with Gasteiger partial charge in [-0.15, -0.1) is 11.3 Å². The van der Waals surface area contributed by atoms with Crippen molar-refractivity contribution in [1.29, 1.82) is 0 Å². The van der Waals surface area contributed by atoms with E-state index in [-0.39, 0.29) is 5.90 Å². The summed E-state index contributed by atoms with van der Waals surface area (Å²) in [7, 11) is 0. The molecule has 0 radical (unpaired) electrons. The van der Waals surface area contributed by atoms with Crippen molar-refractivity contribution in [3.8, 4) is 0 Å². The van der Waals surface area contributed by atoms with E-state index in [0.717, 1.165) is 9.35 Å². The molecule has 6 heteroatoms. The third kappa shape index (κ3) is 2.64. The number of esters is 1. The number of pyridine rings is 1. The van der Waals surface area contributed by atoms with Crippen LogP contribution in [0, 0.1) is 0 Å². The van der Waals surface area contributed by atoms with Crippen LogP contribution in [0.1, 0.15) is 10.4 Å². The fourth-order valence-corrected chi connectivity index (χ4v) is 2.59. The van der Waals surface area contributed by atoms with Gasteiger partial charge in [0.2, 0.25) is 5.90 Å². The first-order valence-corrected chi connectivity index (χ1v) is 7.06. The Hall–Kier alpha value is -1.79. The maximum absolute atomic E-state index is 11.7. The number of hydrogen-bond donors (Lipinski definition) is 0. The van der Waals surface area contributed by atoms with E-state index in [2.05, 4.69) is 25.9 Å². The van der Waals surface area contributed by atoms with Crippen molar-refractivity contribution in [3.05, 3.63) is 56.6 Å². The minimum absolute atomic E-state index is 0.279. The second kappa shape index (κ2) is 5.07. The van der Waals surface area contributed by atoms with Crippen LogP contribution in [0.4, 0.5) is 0 Å². The van der Waals surface area contributed by atoms with E-state index in [0.29, 0.717) is 11.3 Å². The summed E-state index contributed by atoms with van der Waals surface area (Å²) in [6, 6.07) is 5.63. The van der Waals surface area contributed by atoms with Crippen molar-refractivity contribution in [3.63, 3.8) is 0 Å². The number of aromatic nitrogens is 1. The minimum atomic E-state index is -0.441. The van der Waals surface area contributed by atoms with Crippen LogP contribution in [0.2, 0.25) is 0 Å². The SMILES string of the molecule is O=C1OC(c2cncc(Br)c2)=N/C1=C\c1cccs1. The first-order chi connectivity index (χ1) is 9.22. The average Bonchev–Trinajstić information content (AvgIpc) is 3.01. The molecule has 4 nitrogen and oxygen atoms in total. The first-order valence-electron chi connectivity index (χ1n) is 5.39. The minimum Gasteiger partial charge on any atom is -0.402 e. The summed E-state index contributed by atoms with van der Waals surface area (Å²) >= 11 is 4.86. The summed E-state index contributed by atoms with van der Waals surface area (Å²) in [6.45, 7) is 0. The van der Waals surface area contributed by atoms with Gasteiger partial charge in [0.15, 0.2) is 5.70 Å². The molecule has 2 aromatic heterocycles. The van der Waals surface area contributed by atoms with Crippen LogP contribution >= 0.6 is 27.3 Å². The van der Waals surface area contributed by atoms with Crippen LogP contribution in [0.3, 0.4) is 0 Å². The number of ether oxygens (including phenoxy) is 1. The third-order valence-electron chi connectivity index (χ3n) is 2.39. The molecule has 0 spiro atoms. The molecule has 0 N–H and O–H groups in total. The molecular weight excluding hydrogens is 328 g/mol. The predicted octanol–water partition coefficient (Wildman–Crippen LogP) is 3.25. The largest absolute Gasteiger partial charge is 0.402 e. The molecule has 0 amide bonds. The van der Waals surface area contributed by atoms with Gasteiger partial charge in [0, 0.05) is 21.7 Å². The predicted molar refractivity (Wildman–Crippen MR) is 76.9 cm³/mol. The van der Waals surface area contributed by atoms with Gasteiger partial charge < -0.3 is 4.74 Å². The lowest BCUT2D eigenvalue weighted by molar-refractivity contribution is -0.129. The van der Waals surface area contributed by atoms with Crippen LogP contribution in [-0.4, -0.2) is 16.9 Å². The molecule has 94 valence electrons. The average molecular weight is 335 g/mol. The van der Waals surface area contributed by atoms with Crippen LogP contribution < -0.4 is 0 Å². The van der Waals surface area contributed by atoms with Gasteiger partial charge in [0.05, 0.1) is 5.56 Å². The van der Waals surface area contributed by atoms with Crippen molar-refractivity contribution in [2.24, 2.45) is 4.99 Å². The number of hydrogen-bond acceptors (Lipinski definition) is 5. The van der Waals surface area contributed by atoms with Crippen molar-refractivity contribution < 1.29 is 9.53 Å². The zero-order valence-corrected chi connectivity index (χ0v) is 11.9. The Morgan fingerprint density at radius 2 is 2.26 bits per heavy atom. The Balaban J connectivity index is 1.95. The van der Waals surface area contributed by atoms with Crippen LogP contribution in [0.5, 0.6) is 0 Å². The second-order valence-corrected chi connectivity index (χ2v) is 5.64. The Morgan fingerprint density at radius 3 is 3.00 bits per heavy atom. The monoisotopic (exact) mass is 334 g/mol. The highest BCUT2D eigenvalue weighted by atomic mass is 79.9. The number of halogens is 1. The number of aliphatic imine (C=N–C) groups is 1. The Bertz CT molecular complexity index is 692. The molecule has 0 aromatic carbocycles. The van der Waals surface area contributed by atoms with E-state index in [1.165, 1.54) is 11.3 Å². The Labute approximate surface area is 121 Å². The van der Waals surface area contributed by atoms with Gasteiger partial charge in [-0.2, -0.15) is 0 Å². The lowest BCUT2D eigenvalue weighted by Crippen LogP contribution is -2.05. The standard InChI is InChI=1S/C13H7BrN2O2S/c14-9-4-8(6-15-7-9)12-16-11(13(17)18-12)5-10-2-1-3-19-10/h1-7H/b11-5-. The quantitative estimate of drug-likeness (QED) is 0.625. The van der Waals surface area contributed by atoms with Gasteiger partial charge in [-0.3, -0.25) is 4.98 Å². The Kier molecular flexibility index (Phi) is 3.27. The maximum atomic E-state index is 11.7. The highest BCUT2D eigenvalue weighted by Crippen LogP contribution is 2.21. The molecule has 19 heavy (non-hydrogen) atoms. The topological polar surface area (TPSA) is 51.5 Å². The number of nitrogens with zero attached hydrogens (tertiary/aromatic N) is 2. The number of carbonyl (C=O) groups is 1. The van der Waals surface area contributed by atoms with Crippen molar-refractivity contribution in [2.75, 3.05) is 0 Å². The van der Waals surface area contributed by atoms with Gasteiger partial charge in [-0.25, -0.2) is 9.79 Å². The molecule has 0 saturated heterocycles. The lowest BCUT2D eigenvalue weighted by Gasteiger charge is -1.98. The van der Waals surface area contributed by atoms with Crippen LogP contribution in [0.15, 0.2) is 51.1 Å². The molecule has 0 saturated carbocycles. The normalized spacial score (nSPS) is 16.6. The van der Waals surface area contributed by atoms with Crippen LogP contribution in [-0.2, 0) is 9.53 Å². The number of rotatable bonds is 2. The van der Waals surface area contributed by atoms with Crippen LogP contribution in [0.25, 0.3) is 6.08 Å². The third-order valence-corrected chi connectivity index (χ3v) is 3.65. The summed E-state index contributed by atoms with van der Waals surface area (Å²) in [4.78, 5) is 20.9. The molecule has 0 fully saturated rings. The van der Waals surface area contributed by atoms with Gasteiger partial charge >= 0.3 is 5.97 Å². The molecular formula is C13H7BrN2O2S. The number of thiophene rings is 1. The fraction of sp³-hybridized carbons (Fsp3) is 0. The lowest BCUT2D eigenvalue weighted by atomic mass is 10.3. The molecule has 0 bridgehead atoms. The zero-order valence-electron chi connectivity index (χ0n) is 9.54. The molecule has 0 unspecified atom stereocenters. The highest BCUT2D eigenvalue weighted by molar-refractivity contribution is 9.10.